The second-order valence-electron chi connectivity index (χ2n) is 2.75. The highest BCUT2D eigenvalue weighted by Crippen LogP contribution is 2.18. The minimum Gasteiger partial charge on any atom is -0.373 e. The molecule has 13 heavy (non-hydrogen) atoms. The van der Waals surface area contributed by atoms with Crippen LogP contribution in [0.1, 0.15) is 18.6 Å². The van der Waals surface area contributed by atoms with E-state index in [-0.39, 0.29) is 6.10 Å². The first-order valence-electron chi connectivity index (χ1n) is 4.17. The van der Waals surface area contributed by atoms with Gasteiger partial charge in [-0.15, -0.1) is 11.6 Å². The molecule has 0 fully saturated rings. The third kappa shape index (κ3) is 3.55. The van der Waals surface area contributed by atoms with Gasteiger partial charge in [-0.05, 0) is 24.6 Å². The van der Waals surface area contributed by atoms with Crippen LogP contribution in [0.2, 0.25) is 5.02 Å². The lowest BCUT2D eigenvalue weighted by atomic mass is 10.1. The summed E-state index contributed by atoms with van der Waals surface area (Å²) in [5.74, 6) is 0.526. The highest BCUT2D eigenvalue weighted by Gasteiger charge is 2.04. The van der Waals surface area contributed by atoms with Crippen LogP contribution in [-0.4, -0.2) is 12.5 Å². The van der Waals surface area contributed by atoms with Gasteiger partial charge in [0.2, 0.25) is 0 Å². The van der Waals surface area contributed by atoms with Gasteiger partial charge >= 0.3 is 0 Å². The van der Waals surface area contributed by atoms with Gasteiger partial charge in [0, 0.05) is 10.9 Å². The first-order valence-corrected chi connectivity index (χ1v) is 5.08. The van der Waals surface area contributed by atoms with Gasteiger partial charge in [0.05, 0.1) is 12.7 Å². The number of rotatable bonds is 4. The molecule has 0 amide bonds. The van der Waals surface area contributed by atoms with Crippen LogP contribution in [0.15, 0.2) is 24.3 Å². The number of ether oxygens (including phenoxy) is 1. The molecule has 0 bridgehead atoms. The Morgan fingerprint density at radius 3 is 2.46 bits per heavy atom. The van der Waals surface area contributed by atoms with Crippen LogP contribution in [-0.2, 0) is 4.74 Å². The number of benzene rings is 1. The highest BCUT2D eigenvalue weighted by atomic mass is 35.5. The van der Waals surface area contributed by atoms with E-state index in [9.17, 15) is 0 Å². The van der Waals surface area contributed by atoms with Crippen LogP contribution in [0.3, 0.4) is 0 Å². The fourth-order valence-electron chi connectivity index (χ4n) is 1.05. The molecule has 0 radical (unpaired) electrons. The number of halogens is 2. The Morgan fingerprint density at radius 2 is 1.92 bits per heavy atom. The smallest absolute Gasteiger partial charge is 0.0797 e. The molecule has 0 N–H and O–H groups in total. The summed E-state index contributed by atoms with van der Waals surface area (Å²) in [5, 5.41) is 0.744. The number of alkyl halides is 1. The first-order chi connectivity index (χ1) is 6.24. The second kappa shape index (κ2) is 5.48. The summed E-state index contributed by atoms with van der Waals surface area (Å²) in [6.45, 7) is 2.57. The molecular weight excluding hydrogens is 207 g/mol. The van der Waals surface area contributed by atoms with Crippen molar-refractivity contribution in [2.45, 2.75) is 13.0 Å². The molecule has 0 saturated carbocycles. The maximum absolute atomic E-state index is 5.76. The first kappa shape index (κ1) is 10.8. The van der Waals surface area contributed by atoms with Crippen molar-refractivity contribution in [3.63, 3.8) is 0 Å². The van der Waals surface area contributed by atoms with E-state index in [0.29, 0.717) is 12.5 Å². The Balaban J connectivity index is 2.55. The molecule has 1 nitrogen and oxygen atoms in total. The van der Waals surface area contributed by atoms with Gasteiger partial charge in [-0.1, -0.05) is 23.7 Å². The van der Waals surface area contributed by atoms with Gasteiger partial charge in [0.25, 0.3) is 0 Å². The van der Waals surface area contributed by atoms with Crippen LogP contribution >= 0.6 is 23.2 Å². The van der Waals surface area contributed by atoms with Crippen molar-refractivity contribution in [1.29, 1.82) is 0 Å². The van der Waals surface area contributed by atoms with E-state index in [1.54, 1.807) is 0 Å². The second-order valence-corrected chi connectivity index (χ2v) is 3.57. The van der Waals surface area contributed by atoms with Crippen LogP contribution in [0.4, 0.5) is 0 Å². The van der Waals surface area contributed by atoms with Gasteiger partial charge in [-0.2, -0.15) is 0 Å². The summed E-state index contributed by atoms with van der Waals surface area (Å²) in [6, 6.07) is 7.64. The van der Waals surface area contributed by atoms with Gasteiger partial charge in [-0.3, -0.25) is 0 Å². The maximum atomic E-state index is 5.76. The monoisotopic (exact) mass is 218 g/mol. The molecule has 1 atom stereocenters. The molecule has 0 aliphatic carbocycles. The van der Waals surface area contributed by atoms with E-state index in [1.165, 1.54) is 0 Å². The fourth-order valence-corrected chi connectivity index (χ4v) is 1.27. The normalized spacial score (nSPS) is 12.8. The summed E-state index contributed by atoms with van der Waals surface area (Å²) in [5.41, 5.74) is 1.12. The molecule has 0 aromatic heterocycles. The van der Waals surface area contributed by atoms with E-state index in [0.717, 1.165) is 10.6 Å². The Labute approximate surface area is 88.6 Å². The zero-order chi connectivity index (χ0) is 9.68. The lowest BCUT2D eigenvalue weighted by Crippen LogP contribution is -2.02. The molecule has 0 saturated heterocycles. The summed E-state index contributed by atoms with van der Waals surface area (Å²) in [7, 11) is 0. The summed E-state index contributed by atoms with van der Waals surface area (Å²) in [4.78, 5) is 0. The topological polar surface area (TPSA) is 9.23 Å². The molecule has 0 heterocycles. The zero-order valence-electron chi connectivity index (χ0n) is 7.47. The molecule has 0 spiro atoms. The Kier molecular flexibility index (Phi) is 4.57. The lowest BCUT2D eigenvalue weighted by Gasteiger charge is -2.12. The summed E-state index contributed by atoms with van der Waals surface area (Å²) in [6.07, 6.45) is 0.0796. The van der Waals surface area contributed by atoms with Crippen LogP contribution < -0.4 is 0 Å². The minimum absolute atomic E-state index is 0.0796. The molecule has 1 unspecified atom stereocenters. The molecule has 1 rings (SSSR count). The molecule has 0 aliphatic rings. The van der Waals surface area contributed by atoms with Crippen molar-refractivity contribution in [3.8, 4) is 0 Å². The fraction of sp³-hybridized carbons (Fsp3) is 0.400. The largest absolute Gasteiger partial charge is 0.373 e. The summed E-state index contributed by atoms with van der Waals surface area (Å²) >= 11 is 11.3. The van der Waals surface area contributed by atoms with Gasteiger partial charge in [-0.25, -0.2) is 0 Å². The molecular formula is C10H12Cl2O. The van der Waals surface area contributed by atoms with Gasteiger partial charge in [0.1, 0.15) is 0 Å². The van der Waals surface area contributed by atoms with E-state index in [2.05, 4.69) is 0 Å². The van der Waals surface area contributed by atoms with E-state index >= 15 is 0 Å². The third-order valence-electron chi connectivity index (χ3n) is 1.78. The molecule has 3 heteroatoms. The molecule has 72 valence electrons. The van der Waals surface area contributed by atoms with Crippen molar-refractivity contribution < 1.29 is 4.74 Å². The van der Waals surface area contributed by atoms with Crippen LogP contribution in [0.25, 0.3) is 0 Å². The maximum Gasteiger partial charge on any atom is 0.0797 e. The lowest BCUT2D eigenvalue weighted by molar-refractivity contribution is 0.0779. The molecule has 0 aliphatic heterocycles. The average molecular weight is 219 g/mol. The molecule has 1 aromatic rings. The Morgan fingerprint density at radius 1 is 1.31 bits per heavy atom. The van der Waals surface area contributed by atoms with Crippen LogP contribution in [0, 0.1) is 0 Å². The van der Waals surface area contributed by atoms with E-state index in [1.807, 2.05) is 31.2 Å². The van der Waals surface area contributed by atoms with Crippen molar-refractivity contribution in [3.05, 3.63) is 34.9 Å². The predicted octanol–water partition coefficient (Wildman–Crippen LogP) is 3.66. The quantitative estimate of drug-likeness (QED) is 0.702. The minimum atomic E-state index is 0.0796. The highest BCUT2D eigenvalue weighted by molar-refractivity contribution is 6.30. The summed E-state index contributed by atoms with van der Waals surface area (Å²) < 4.78 is 5.44. The van der Waals surface area contributed by atoms with Crippen molar-refractivity contribution in [1.82, 2.24) is 0 Å². The van der Waals surface area contributed by atoms with E-state index < -0.39 is 0 Å². The van der Waals surface area contributed by atoms with Crippen molar-refractivity contribution in [2.24, 2.45) is 0 Å². The van der Waals surface area contributed by atoms with Gasteiger partial charge in [0.15, 0.2) is 0 Å². The Hall–Kier alpha value is -0.240. The van der Waals surface area contributed by atoms with Crippen LogP contribution in [0.5, 0.6) is 0 Å². The standard InChI is InChI=1S/C10H12Cl2O/c1-8(13-7-6-11)9-2-4-10(12)5-3-9/h2-5,8H,6-7H2,1H3. The van der Waals surface area contributed by atoms with E-state index in [4.69, 9.17) is 27.9 Å². The van der Waals surface area contributed by atoms with Crippen molar-refractivity contribution >= 4 is 23.2 Å². The van der Waals surface area contributed by atoms with Crippen molar-refractivity contribution in [2.75, 3.05) is 12.5 Å². The average Bonchev–Trinajstić information content (AvgIpc) is 2.15. The number of hydrogen-bond acceptors (Lipinski definition) is 1. The predicted molar refractivity (Wildman–Crippen MR) is 56.5 cm³/mol. The SMILES string of the molecule is CC(OCCCl)c1ccc(Cl)cc1. The van der Waals surface area contributed by atoms with Gasteiger partial charge < -0.3 is 4.74 Å². The zero-order valence-corrected chi connectivity index (χ0v) is 8.98. The Bertz CT molecular complexity index is 246. The third-order valence-corrected chi connectivity index (χ3v) is 2.19. The molecule has 1 aromatic carbocycles. The number of hydrogen-bond donors (Lipinski definition) is 0.